The van der Waals surface area contributed by atoms with Gasteiger partial charge in [0.05, 0.1) is 5.54 Å². The summed E-state index contributed by atoms with van der Waals surface area (Å²) >= 11 is 6.02. The fourth-order valence-corrected chi connectivity index (χ4v) is 4.89. The number of rotatable bonds is 14. The summed E-state index contributed by atoms with van der Waals surface area (Å²) in [6.07, 6.45) is -3.15. The summed E-state index contributed by atoms with van der Waals surface area (Å²) in [5, 5.41) is 14.4. The molecule has 1 heterocycles. The van der Waals surface area contributed by atoms with Gasteiger partial charge in [-0.05, 0) is 78.4 Å². The Morgan fingerprint density at radius 3 is 2.12 bits per heavy atom. The highest BCUT2D eigenvalue weighted by atomic mass is 35.5. The Morgan fingerprint density at radius 2 is 1.47 bits per heavy atom. The Kier molecular flexibility index (Phi) is 11.5. The van der Waals surface area contributed by atoms with Crippen molar-refractivity contribution in [2.45, 2.75) is 38.0 Å². The summed E-state index contributed by atoms with van der Waals surface area (Å²) in [7, 11) is 0. The minimum absolute atomic E-state index is 0.00376. The number of nitrogens with one attached hydrogen (secondary N) is 5. The standard InChI is InChI=1S/C34H33ClF4N8O4/c1-20(17-41-28(49)29(50)42-18-21-2-10-25(36)11-3-21)16-40-27(48)22-4-12-26(13-5-22)43-30-44-31(46-32(45-30)51-19-34(37,38)39)47-33(14-15-33)23-6-8-24(35)9-7-23/h2-13,20H,14-19H2,1H3,(H,40,48)(H,41,49)(H,42,50)(H2,43,44,45,46,47). The molecule has 3 amide bonds. The molecule has 17 heteroatoms. The second kappa shape index (κ2) is 16.0. The summed E-state index contributed by atoms with van der Waals surface area (Å²) in [5.74, 6) is -2.80. The van der Waals surface area contributed by atoms with Crippen LogP contribution in [0.3, 0.4) is 0 Å². The number of aromatic nitrogens is 3. The van der Waals surface area contributed by atoms with E-state index in [4.69, 9.17) is 16.3 Å². The third-order valence-electron chi connectivity index (χ3n) is 7.68. The molecule has 1 aliphatic carbocycles. The lowest BCUT2D eigenvalue weighted by Crippen LogP contribution is -2.42. The highest BCUT2D eigenvalue weighted by Gasteiger charge is 2.45. The van der Waals surface area contributed by atoms with Crippen molar-refractivity contribution in [3.05, 3.63) is 100 Å². The van der Waals surface area contributed by atoms with Gasteiger partial charge in [0.15, 0.2) is 6.61 Å². The number of carbonyl (C=O) groups excluding carboxylic acids is 3. The Labute approximate surface area is 294 Å². The van der Waals surface area contributed by atoms with Gasteiger partial charge in [0.25, 0.3) is 5.91 Å². The lowest BCUT2D eigenvalue weighted by molar-refractivity contribution is -0.154. The predicted molar refractivity (Wildman–Crippen MR) is 180 cm³/mol. The summed E-state index contributed by atoms with van der Waals surface area (Å²) in [6.45, 7) is 0.541. The molecule has 1 aromatic heterocycles. The minimum Gasteiger partial charge on any atom is -0.454 e. The number of ether oxygens (including phenoxy) is 1. The Hall–Kier alpha value is -5.51. The molecule has 0 saturated heterocycles. The molecule has 1 fully saturated rings. The van der Waals surface area contributed by atoms with E-state index in [2.05, 4.69) is 41.5 Å². The molecule has 1 unspecified atom stereocenters. The molecule has 0 bridgehead atoms. The van der Waals surface area contributed by atoms with Crippen LogP contribution >= 0.6 is 11.6 Å². The molecule has 1 atom stereocenters. The van der Waals surface area contributed by atoms with E-state index in [0.29, 0.717) is 21.8 Å². The maximum absolute atomic E-state index is 13.0. The fourth-order valence-electron chi connectivity index (χ4n) is 4.76. The van der Waals surface area contributed by atoms with Crippen molar-refractivity contribution in [3.63, 3.8) is 0 Å². The number of amides is 3. The zero-order chi connectivity index (χ0) is 36.6. The first-order valence-corrected chi connectivity index (χ1v) is 16.1. The van der Waals surface area contributed by atoms with Crippen LogP contribution in [-0.2, 0) is 21.7 Å². The summed E-state index contributed by atoms with van der Waals surface area (Å²) in [5.41, 5.74) is 1.75. The number of anilines is 3. The molecule has 51 heavy (non-hydrogen) atoms. The second-order valence-electron chi connectivity index (χ2n) is 11.9. The van der Waals surface area contributed by atoms with E-state index in [1.165, 1.54) is 36.4 Å². The van der Waals surface area contributed by atoms with E-state index in [9.17, 15) is 31.9 Å². The number of carbonyl (C=O) groups is 3. The number of hydrogen-bond donors (Lipinski definition) is 5. The Balaban J connectivity index is 1.13. The summed E-state index contributed by atoms with van der Waals surface area (Å²) in [6, 6.07) is 18.3. The van der Waals surface area contributed by atoms with Crippen LogP contribution in [0.4, 0.5) is 35.1 Å². The Morgan fingerprint density at radius 1 is 0.843 bits per heavy atom. The number of alkyl halides is 3. The van der Waals surface area contributed by atoms with Crippen LogP contribution in [0.15, 0.2) is 72.8 Å². The normalized spacial score (nSPS) is 13.8. The highest BCUT2D eigenvalue weighted by Crippen LogP contribution is 2.48. The van der Waals surface area contributed by atoms with E-state index in [0.717, 1.165) is 18.4 Å². The molecule has 0 radical (unpaired) electrons. The topological polar surface area (TPSA) is 159 Å². The van der Waals surface area contributed by atoms with Gasteiger partial charge in [-0.2, -0.15) is 28.1 Å². The third kappa shape index (κ3) is 11.0. The largest absolute Gasteiger partial charge is 0.454 e. The first kappa shape index (κ1) is 36.8. The fraction of sp³-hybridized carbons (Fsp3) is 0.294. The molecular weight excluding hydrogens is 696 g/mol. The van der Waals surface area contributed by atoms with Crippen LogP contribution in [0, 0.1) is 11.7 Å². The number of hydrogen-bond acceptors (Lipinski definition) is 9. The first-order chi connectivity index (χ1) is 24.3. The molecule has 268 valence electrons. The van der Waals surface area contributed by atoms with Gasteiger partial charge in [-0.15, -0.1) is 0 Å². The quantitative estimate of drug-likeness (QED) is 0.0864. The van der Waals surface area contributed by atoms with Crippen LogP contribution in [0.2, 0.25) is 5.02 Å². The summed E-state index contributed by atoms with van der Waals surface area (Å²) < 4.78 is 56.5. The maximum Gasteiger partial charge on any atom is 0.422 e. The molecule has 3 aromatic carbocycles. The SMILES string of the molecule is CC(CNC(=O)C(=O)NCc1ccc(F)cc1)CNC(=O)c1ccc(Nc2nc(NC3(c4ccc(Cl)cc4)CC3)nc(OCC(F)(F)F)n2)cc1. The maximum atomic E-state index is 13.0. The molecule has 1 aliphatic rings. The van der Waals surface area contributed by atoms with Gasteiger partial charge in [-0.25, -0.2) is 4.39 Å². The van der Waals surface area contributed by atoms with Gasteiger partial charge in [0.1, 0.15) is 5.82 Å². The number of halogens is 5. The molecule has 1 saturated carbocycles. The first-order valence-electron chi connectivity index (χ1n) is 15.7. The summed E-state index contributed by atoms with van der Waals surface area (Å²) in [4.78, 5) is 49.3. The average molecular weight is 729 g/mol. The van der Waals surface area contributed by atoms with Crippen molar-refractivity contribution in [1.29, 1.82) is 0 Å². The number of benzene rings is 3. The van der Waals surface area contributed by atoms with Crippen LogP contribution < -0.4 is 31.3 Å². The van der Waals surface area contributed by atoms with Crippen LogP contribution in [0.25, 0.3) is 0 Å². The van der Waals surface area contributed by atoms with Crippen molar-refractivity contribution in [2.24, 2.45) is 5.92 Å². The van der Waals surface area contributed by atoms with Crippen LogP contribution in [-0.4, -0.2) is 58.5 Å². The smallest absolute Gasteiger partial charge is 0.422 e. The van der Waals surface area contributed by atoms with Gasteiger partial charge in [0, 0.05) is 35.9 Å². The minimum atomic E-state index is -4.61. The van der Waals surface area contributed by atoms with E-state index in [-0.39, 0.29) is 37.4 Å². The van der Waals surface area contributed by atoms with E-state index < -0.39 is 47.9 Å². The van der Waals surface area contributed by atoms with E-state index in [1.807, 2.05) is 12.1 Å². The van der Waals surface area contributed by atoms with Gasteiger partial charge in [-0.3, -0.25) is 14.4 Å². The van der Waals surface area contributed by atoms with Gasteiger partial charge < -0.3 is 31.3 Å². The molecule has 5 N–H and O–H groups in total. The van der Waals surface area contributed by atoms with Crippen molar-refractivity contribution >= 4 is 46.9 Å². The van der Waals surface area contributed by atoms with Crippen molar-refractivity contribution < 1.29 is 36.7 Å². The van der Waals surface area contributed by atoms with Crippen molar-refractivity contribution in [3.8, 4) is 6.01 Å². The second-order valence-corrected chi connectivity index (χ2v) is 12.4. The monoisotopic (exact) mass is 728 g/mol. The lowest BCUT2D eigenvalue weighted by Gasteiger charge is -2.19. The van der Waals surface area contributed by atoms with Gasteiger partial charge in [-0.1, -0.05) is 42.8 Å². The zero-order valence-corrected chi connectivity index (χ0v) is 27.9. The predicted octanol–water partition coefficient (Wildman–Crippen LogP) is 5.25. The van der Waals surface area contributed by atoms with Crippen LogP contribution in [0.1, 0.15) is 41.3 Å². The lowest BCUT2D eigenvalue weighted by atomic mass is 10.1. The van der Waals surface area contributed by atoms with Gasteiger partial charge in [0.2, 0.25) is 11.9 Å². The third-order valence-corrected chi connectivity index (χ3v) is 7.93. The van der Waals surface area contributed by atoms with Crippen molar-refractivity contribution in [2.75, 3.05) is 30.3 Å². The van der Waals surface area contributed by atoms with Gasteiger partial charge >= 0.3 is 24.0 Å². The molecule has 0 aliphatic heterocycles. The molecule has 5 rings (SSSR count). The average Bonchev–Trinajstić information content (AvgIpc) is 3.88. The van der Waals surface area contributed by atoms with E-state index >= 15 is 0 Å². The van der Waals surface area contributed by atoms with Crippen LogP contribution in [0.5, 0.6) is 6.01 Å². The molecule has 4 aromatic rings. The number of nitrogens with zero attached hydrogens (tertiary/aromatic N) is 3. The highest BCUT2D eigenvalue weighted by molar-refractivity contribution is 6.35. The van der Waals surface area contributed by atoms with E-state index in [1.54, 1.807) is 31.2 Å². The Bertz CT molecular complexity index is 1840. The molecule has 0 spiro atoms. The molecular formula is C34H33ClF4N8O4. The zero-order valence-electron chi connectivity index (χ0n) is 27.1. The van der Waals surface area contributed by atoms with Crippen molar-refractivity contribution in [1.82, 2.24) is 30.9 Å². The molecule has 12 nitrogen and oxygen atoms in total.